The van der Waals surface area contributed by atoms with E-state index in [9.17, 15) is 4.39 Å². The fourth-order valence-electron chi connectivity index (χ4n) is 1.24. The van der Waals surface area contributed by atoms with Crippen molar-refractivity contribution in [1.82, 2.24) is 4.98 Å². The summed E-state index contributed by atoms with van der Waals surface area (Å²) in [5, 5.41) is 3.07. The highest BCUT2D eigenvalue weighted by Gasteiger charge is 2.06. The maximum absolute atomic E-state index is 12.8. The lowest BCUT2D eigenvalue weighted by atomic mass is 10.1. The van der Waals surface area contributed by atoms with Gasteiger partial charge in [0.05, 0.1) is 0 Å². The first-order chi connectivity index (χ1) is 6.66. The molecule has 2 aromatic rings. The second kappa shape index (κ2) is 3.67. The van der Waals surface area contributed by atoms with Gasteiger partial charge in [-0.05, 0) is 30.7 Å². The quantitative estimate of drug-likeness (QED) is 0.720. The molecule has 0 fully saturated rings. The minimum absolute atomic E-state index is 0.228. The van der Waals surface area contributed by atoms with Gasteiger partial charge in [0.15, 0.2) is 0 Å². The second-order valence-electron chi connectivity index (χ2n) is 2.93. The standard InChI is InChI=1S/C10H7ClFNS/c1-6-4-7(12)2-3-8(6)10-13-9(11)5-14-10/h2-5H,1H3. The molecule has 0 aliphatic carbocycles. The van der Waals surface area contributed by atoms with Gasteiger partial charge in [-0.1, -0.05) is 11.6 Å². The smallest absolute Gasteiger partial charge is 0.140 e. The maximum atomic E-state index is 12.8. The fraction of sp³-hybridized carbons (Fsp3) is 0.100. The first kappa shape index (κ1) is 9.62. The van der Waals surface area contributed by atoms with Crippen LogP contribution in [0, 0.1) is 12.7 Å². The third kappa shape index (κ3) is 1.79. The average molecular weight is 228 g/mol. The molecule has 0 spiro atoms. The van der Waals surface area contributed by atoms with Gasteiger partial charge in [-0.2, -0.15) is 0 Å². The Morgan fingerprint density at radius 1 is 1.43 bits per heavy atom. The van der Waals surface area contributed by atoms with E-state index in [0.29, 0.717) is 5.15 Å². The average Bonchev–Trinajstić information content (AvgIpc) is 2.51. The van der Waals surface area contributed by atoms with Crippen molar-refractivity contribution in [2.24, 2.45) is 0 Å². The van der Waals surface area contributed by atoms with E-state index in [-0.39, 0.29) is 5.82 Å². The molecule has 0 N–H and O–H groups in total. The zero-order valence-electron chi connectivity index (χ0n) is 7.42. The SMILES string of the molecule is Cc1cc(F)ccc1-c1nc(Cl)cs1. The number of halogens is 2. The van der Waals surface area contributed by atoms with E-state index < -0.39 is 0 Å². The summed E-state index contributed by atoms with van der Waals surface area (Å²) in [4.78, 5) is 4.13. The molecule has 1 heterocycles. The van der Waals surface area contributed by atoms with Crippen LogP contribution in [0.15, 0.2) is 23.6 Å². The first-order valence-corrected chi connectivity index (χ1v) is 5.30. The summed E-state index contributed by atoms with van der Waals surface area (Å²) >= 11 is 7.18. The molecule has 0 unspecified atom stereocenters. The summed E-state index contributed by atoms with van der Waals surface area (Å²) in [5.41, 5.74) is 1.80. The minimum atomic E-state index is -0.228. The number of nitrogens with zero attached hydrogens (tertiary/aromatic N) is 1. The molecular weight excluding hydrogens is 221 g/mol. The molecular formula is C10H7ClFNS. The van der Waals surface area contributed by atoms with E-state index in [2.05, 4.69) is 4.98 Å². The number of rotatable bonds is 1. The van der Waals surface area contributed by atoms with Crippen LogP contribution in [-0.4, -0.2) is 4.98 Å². The Balaban J connectivity index is 2.52. The van der Waals surface area contributed by atoms with Crippen LogP contribution in [0.3, 0.4) is 0 Å². The number of hydrogen-bond acceptors (Lipinski definition) is 2. The summed E-state index contributed by atoms with van der Waals surface area (Å²) in [6.45, 7) is 1.85. The van der Waals surface area contributed by atoms with Crippen molar-refractivity contribution in [2.45, 2.75) is 6.92 Å². The van der Waals surface area contributed by atoms with E-state index in [4.69, 9.17) is 11.6 Å². The molecule has 1 nitrogen and oxygen atoms in total. The molecule has 14 heavy (non-hydrogen) atoms. The van der Waals surface area contributed by atoms with Gasteiger partial charge < -0.3 is 0 Å². The van der Waals surface area contributed by atoms with Crippen LogP contribution in [0.5, 0.6) is 0 Å². The molecule has 1 aromatic heterocycles. The lowest BCUT2D eigenvalue weighted by Crippen LogP contribution is -1.83. The summed E-state index contributed by atoms with van der Waals surface area (Å²) < 4.78 is 12.8. The molecule has 0 radical (unpaired) electrons. The predicted molar refractivity (Wildman–Crippen MR) is 57.3 cm³/mol. The molecule has 0 amide bonds. The highest BCUT2D eigenvalue weighted by molar-refractivity contribution is 7.13. The van der Waals surface area contributed by atoms with Crippen molar-refractivity contribution < 1.29 is 4.39 Å². The molecule has 1 aromatic carbocycles. The van der Waals surface area contributed by atoms with Gasteiger partial charge in [0.2, 0.25) is 0 Å². The van der Waals surface area contributed by atoms with Crippen molar-refractivity contribution in [3.63, 3.8) is 0 Å². The number of hydrogen-bond donors (Lipinski definition) is 0. The molecule has 0 aliphatic heterocycles. The molecule has 0 aliphatic rings. The van der Waals surface area contributed by atoms with E-state index in [1.165, 1.54) is 23.5 Å². The van der Waals surface area contributed by atoms with Gasteiger partial charge in [-0.25, -0.2) is 9.37 Å². The largest absolute Gasteiger partial charge is 0.224 e. The van der Waals surface area contributed by atoms with Gasteiger partial charge in [0.25, 0.3) is 0 Å². The Labute approximate surface area is 90.2 Å². The van der Waals surface area contributed by atoms with Gasteiger partial charge >= 0.3 is 0 Å². The highest BCUT2D eigenvalue weighted by Crippen LogP contribution is 2.28. The fourth-order valence-corrected chi connectivity index (χ4v) is 2.28. The monoisotopic (exact) mass is 227 g/mol. The van der Waals surface area contributed by atoms with Crippen LogP contribution >= 0.6 is 22.9 Å². The third-order valence-corrected chi connectivity index (χ3v) is 3.09. The highest BCUT2D eigenvalue weighted by atomic mass is 35.5. The Morgan fingerprint density at radius 3 is 2.79 bits per heavy atom. The Kier molecular flexibility index (Phi) is 2.52. The van der Waals surface area contributed by atoms with E-state index >= 15 is 0 Å². The molecule has 4 heteroatoms. The summed E-state index contributed by atoms with van der Waals surface area (Å²) in [5.74, 6) is -0.228. The van der Waals surface area contributed by atoms with E-state index in [1.54, 1.807) is 11.4 Å². The number of benzene rings is 1. The predicted octanol–water partition coefficient (Wildman–Crippen LogP) is 3.91. The van der Waals surface area contributed by atoms with Gasteiger partial charge in [-0.3, -0.25) is 0 Å². The topological polar surface area (TPSA) is 12.9 Å². The summed E-state index contributed by atoms with van der Waals surface area (Å²) in [6.07, 6.45) is 0. The third-order valence-electron chi connectivity index (χ3n) is 1.90. The molecule has 0 bridgehead atoms. The van der Waals surface area contributed by atoms with Crippen LogP contribution in [0.1, 0.15) is 5.56 Å². The van der Waals surface area contributed by atoms with Crippen molar-refractivity contribution in [2.75, 3.05) is 0 Å². The second-order valence-corrected chi connectivity index (χ2v) is 4.18. The van der Waals surface area contributed by atoms with Gasteiger partial charge in [0.1, 0.15) is 16.0 Å². The lowest BCUT2D eigenvalue weighted by Gasteiger charge is -2.00. The molecule has 0 atom stereocenters. The van der Waals surface area contributed by atoms with Crippen LogP contribution in [-0.2, 0) is 0 Å². The molecule has 0 saturated carbocycles. The Hall–Kier alpha value is -0.930. The van der Waals surface area contributed by atoms with Crippen LogP contribution in [0.4, 0.5) is 4.39 Å². The number of aryl methyl sites for hydroxylation is 1. The maximum Gasteiger partial charge on any atom is 0.140 e. The number of thiazole rings is 1. The lowest BCUT2D eigenvalue weighted by molar-refractivity contribution is 0.627. The van der Waals surface area contributed by atoms with Crippen LogP contribution < -0.4 is 0 Å². The molecule has 2 rings (SSSR count). The Bertz CT molecular complexity index is 467. The zero-order valence-corrected chi connectivity index (χ0v) is 8.99. The van der Waals surface area contributed by atoms with Gasteiger partial charge in [0, 0.05) is 10.9 Å². The normalized spacial score (nSPS) is 10.5. The van der Waals surface area contributed by atoms with E-state index in [0.717, 1.165) is 16.1 Å². The molecule has 0 saturated heterocycles. The van der Waals surface area contributed by atoms with Crippen molar-refractivity contribution in [3.05, 3.63) is 40.1 Å². The minimum Gasteiger partial charge on any atom is -0.224 e. The van der Waals surface area contributed by atoms with Crippen LogP contribution in [0.25, 0.3) is 10.6 Å². The summed E-state index contributed by atoms with van der Waals surface area (Å²) in [6, 6.07) is 4.64. The van der Waals surface area contributed by atoms with Crippen molar-refractivity contribution in [3.8, 4) is 10.6 Å². The van der Waals surface area contributed by atoms with E-state index in [1.807, 2.05) is 6.92 Å². The van der Waals surface area contributed by atoms with Crippen molar-refractivity contribution >= 4 is 22.9 Å². The Morgan fingerprint density at radius 2 is 2.21 bits per heavy atom. The first-order valence-electron chi connectivity index (χ1n) is 4.04. The van der Waals surface area contributed by atoms with Crippen molar-refractivity contribution in [1.29, 1.82) is 0 Å². The van der Waals surface area contributed by atoms with Crippen LogP contribution in [0.2, 0.25) is 5.15 Å². The zero-order chi connectivity index (χ0) is 10.1. The summed E-state index contributed by atoms with van der Waals surface area (Å²) in [7, 11) is 0. The van der Waals surface area contributed by atoms with Gasteiger partial charge in [-0.15, -0.1) is 11.3 Å². The molecule has 72 valence electrons. The number of aromatic nitrogens is 1.